The third-order valence-corrected chi connectivity index (χ3v) is 7.60. The number of hydrogen-bond acceptors (Lipinski definition) is 3. The second-order valence-corrected chi connectivity index (χ2v) is 9.92. The molecule has 1 aliphatic rings. The second kappa shape index (κ2) is 3.22. The fourth-order valence-corrected chi connectivity index (χ4v) is 2.28. The molecule has 12 heavy (non-hydrogen) atoms. The van der Waals surface area contributed by atoms with Gasteiger partial charge < -0.3 is 5.11 Å². The van der Waals surface area contributed by atoms with Crippen molar-refractivity contribution in [3.8, 4) is 0 Å². The number of aliphatic hydroxyl groups excluding tert-OH is 1. The first-order valence-corrected chi connectivity index (χ1v) is 7.00. The van der Waals surface area contributed by atoms with Gasteiger partial charge in [-0.3, -0.25) is 0 Å². The standard InChI is InChI=1S/C6H10Br2O3S/c1-12(10,11)6(7,8)5(9)4-2-3-4/h4-5,9H,2-3H2,1H3/t5-/m0/s1. The lowest BCUT2D eigenvalue weighted by molar-refractivity contribution is 0.161. The fraction of sp³-hybridized carbons (Fsp3) is 1.00. The van der Waals surface area contributed by atoms with Crippen molar-refractivity contribution in [2.24, 2.45) is 5.92 Å². The summed E-state index contributed by atoms with van der Waals surface area (Å²) in [7, 11) is -3.32. The van der Waals surface area contributed by atoms with Crippen molar-refractivity contribution in [2.45, 2.75) is 21.5 Å². The van der Waals surface area contributed by atoms with Crippen LogP contribution in [0.5, 0.6) is 0 Å². The minimum absolute atomic E-state index is 0.110. The normalized spacial score (nSPS) is 22.3. The number of sulfone groups is 1. The van der Waals surface area contributed by atoms with Gasteiger partial charge in [-0.05, 0) is 18.8 Å². The molecule has 0 spiro atoms. The van der Waals surface area contributed by atoms with E-state index in [1.807, 2.05) is 0 Å². The number of rotatable bonds is 3. The van der Waals surface area contributed by atoms with E-state index < -0.39 is 18.5 Å². The van der Waals surface area contributed by atoms with E-state index in [1.54, 1.807) is 0 Å². The molecule has 0 saturated heterocycles. The van der Waals surface area contributed by atoms with E-state index in [1.165, 1.54) is 0 Å². The van der Waals surface area contributed by atoms with E-state index >= 15 is 0 Å². The molecule has 1 saturated carbocycles. The van der Waals surface area contributed by atoms with Crippen LogP contribution in [0.4, 0.5) is 0 Å². The number of alkyl halides is 2. The van der Waals surface area contributed by atoms with Crippen molar-refractivity contribution in [1.29, 1.82) is 0 Å². The van der Waals surface area contributed by atoms with Gasteiger partial charge in [-0.1, -0.05) is 31.9 Å². The van der Waals surface area contributed by atoms with Crippen molar-refractivity contribution in [3.05, 3.63) is 0 Å². The van der Waals surface area contributed by atoms with Crippen LogP contribution in [-0.2, 0) is 9.84 Å². The molecule has 0 unspecified atom stereocenters. The van der Waals surface area contributed by atoms with Crippen LogP contribution in [-0.4, -0.2) is 28.4 Å². The quantitative estimate of drug-likeness (QED) is 0.796. The molecular weight excluding hydrogens is 312 g/mol. The van der Waals surface area contributed by atoms with E-state index in [0.717, 1.165) is 19.1 Å². The van der Waals surface area contributed by atoms with Crippen LogP contribution >= 0.6 is 31.9 Å². The minimum Gasteiger partial charge on any atom is -0.389 e. The highest BCUT2D eigenvalue weighted by atomic mass is 79.9. The molecule has 72 valence electrons. The maximum absolute atomic E-state index is 11.2. The Labute approximate surface area is 88.7 Å². The van der Waals surface area contributed by atoms with Gasteiger partial charge in [0.1, 0.15) is 0 Å². The van der Waals surface area contributed by atoms with Crippen LogP contribution in [0, 0.1) is 5.92 Å². The summed E-state index contributed by atoms with van der Waals surface area (Å²) in [6, 6.07) is 0. The molecule has 0 radical (unpaired) electrons. The molecule has 1 atom stereocenters. The van der Waals surface area contributed by atoms with Crippen molar-refractivity contribution in [3.63, 3.8) is 0 Å². The lowest BCUT2D eigenvalue weighted by Crippen LogP contribution is -2.38. The van der Waals surface area contributed by atoms with Crippen molar-refractivity contribution in [2.75, 3.05) is 6.26 Å². The fourth-order valence-electron chi connectivity index (χ4n) is 0.906. The minimum atomic E-state index is -3.32. The highest BCUT2D eigenvalue weighted by Gasteiger charge is 2.49. The first-order chi connectivity index (χ1) is 5.27. The van der Waals surface area contributed by atoms with Gasteiger partial charge in [-0.2, -0.15) is 0 Å². The van der Waals surface area contributed by atoms with E-state index in [2.05, 4.69) is 31.9 Å². The molecule has 3 nitrogen and oxygen atoms in total. The molecule has 0 heterocycles. The van der Waals surface area contributed by atoms with Crippen LogP contribution in [0.1, 0.15) is 12.8 Å². The predicted octanol–water partition coefficient (Wildman–Crippen LogP) is 1.25. The Hall–Kier alpha value is 0.870. The molecule has 0 aromatic heterocycles. The van der Waals surface area contributed by atoms with Crippen LogP contribution in [0.2, 0.25) is 0 Å². The van der Waals surface area contributed by atoms with Gasteiger partial charge in [0.2, 0.25) is 2.57 Å². The molecular formula is C6H10Br2O3S. The van der Waals surface area contributed by atoms with Gasteiger partial charge in [0.25, 0.3) is 0 Å². The van der Waals surface area contributed by atoms with Gasteiger partial charge in [0.05, 0.1) is 6.10 Å². The van der Waals surface area contributed by atoms with Crippen LogP contribution < -0.4 is 0 Å². The lowest BCUT2D eigenvalue weighted by atomic mass is 10.3. The van der Waals surface area contributed by atoms with E-state index in [0.29, 0.717) is 0 Å². The molecule has 6 heteroatoms. The third-order valence-electron chi connectivity index (χ3n) is 1.91. The van der Waals surface area contributed by atoms with E-state index in [-0.39, 0.29) is 5.92 Å². The molecule has 0 aliphatic heterocycles. The molecule has 0 aromatic carbocycles. The van der Waals surface area contributed by atoms with Gasteiger partial charge in [0.15, 0.2) is 9.84 Å². The average molecular weight is 322 g/mol. The first-order valence-electron chi connectivity index (χ1n) is 3.52. The molecule has 1 N–H and O–H groups in total. The summed E-state index contributed by atoms with van der Waals surface area (Å²) < 4.78 is 21.0. The highest BCUT2D eigenvalue weighted by Crippen LogP contribution is 2.46. The van der Waals surface area contributed by atoms with Gasteiger partial charge in [-0.25, -0.2) is 8.42 Å². The third kappa shape index (κ3) is 2.02. The zero-order chi connectivity index (χ0) is 9.57. The van der Waals surface area contributed by atoms with Crippen molar-refractivity contribution < 1.29 is 13.5 Å². The lowest BCUT2D eigenvalue weighted by Gasteiger charge is -2.24. The zero-order valence-corrected chi connectivity index (χ0v) is 10.5. The SMILES string of the molecule is CS(=O)(=O)C(Br)(Br)[C@@H](O)C1CC1. The predicted molar refractivity (Wildman–Crippen MR) is 54.2 cm³/mol. The summed E-state index contributed by atoms with van der Waals surface area (Å²) in [5.74, 6) is 0.110. The Morgan fingerprint density at radius 3 is 2.17 bits per heavy atom. The maximum atomic E-state index is 11.2. The van der Waals surface area contributed by atoms with Crippen molar-refractivity contribution in [1.82, 2.24) is 0 Å². The van der Waals surface area contributed by atoms with Crippen LogP contribution in [0.25, 0.3) is 0 Å². The largest absolute Gasteiger partial charge is 0.389 e. The number of aliphatic hydroxyl groups is 1. The summed E-state index contributed by atoms with van der Waals surface area (Å²) in [6.07, 6.45) is 2.01. The highest BCUT2D eigenvalue weighted by molar-refractivity contribution is 9.28. The maximum Gasteiger partial charge on any atom is 0.206 e. The molecule has 1 fully saturated rings. The Balaban J connectivity index is 2.83. The first kappa shape index (κ1) is 10.9. The number of halogens is 2. The van der Waals surface area contributed by atoms with Crippen molar-refractivity contribution >= 4 is 41.7 Å². The zero-order valence-electron chi connectivity index (χ0n) is 6.50. The Bertz CT molecular complexity index is 269. The molecule has 1 aliphatic carbocycles. The second-order valence-electron chi connectivity index (χ2n) is 3.12. The number of hydrogen-bond donors (Lipinski definition) is 1. The molecule has 0 amide bonds. The molecule has 0 aromatic rings. The summed E-state index contributed by atoms with van der Waals surface area (Å²) in [6.45, 7) is 0. The van der Waals surface area contributed by atoms with Gasteiger partial charge >= 0.3 is 0 Å². The summed E-state index contributed by atoms with van der Waals surface area (Å²) >= 11 is 5.97. The van der Waals surface area contributed by atoms with Crippen LogP contribution in [0.3, 0.4) is 0 Å². The van der Waals surface area contributed by atoms with E-state index in [4.69, 9.17) is 0 Å². The monoisotopic (exact) mass is 320 g/mol. The van der Waals surface area contributed by atoms with Crippen LogP contribution in [0.15, 0.2) is 0 Å². The Morgan fingerprint density at radius 2 is 1.92 bits per heavy atom. The summed E-state index contributed by atoms with van der Waals surface area (Å²) in [4.78, 5) is 0. The smallest absolute Gasteiger partial charge is 0.206 e. The summed E-state index contributed by atoms with van der Waals surface area (Å²) in [5.41, 5.74) is 0. The average Bonchev–Trinajstić information content (AvgIpc) is 2.64. The van der Waals surface area contributed by atoms with E-state index in [9.17, 15) is 13.5 Å². The molecule has 1 rings (SSSR count). The molecule has 0 bridgehead atoms. The van der Waals surface area contributed by atoms with Gasteiger partial charge in [-0.15, -0.1) is 0 Å². The summed E-state index contributed by atoms with van der Waals surface area (Å²) in [5, 5.41) is 9.58. The van der Waals surface area contributed by atoms with Gasteiger partial charge in [0, 0.05) is 6.26 Å². The Morgan fingerprint density at radius 1 is 1.50 bits per heavy atom. The topological polar surface area (TPSA) is 54.4 Å². The Kier molecular flexibility index (Phi) is 2.94.